The Kier molecular flexibility index (Phi) is 6.42. The molecule has 0 heterocycles. The number of hydrogen-bond donors (Lipinski definition) is 2. The van der Waals surface area contributed by atoms with Gasteiger partial charge in [-0.25, -0.2) is 12.8 Å². The lowest BCUT2D eigenvalue weighted by Crippen LogP contribution is -2.30. The van der Waals surface area contributed by atoms with E-state index in [1.54, 1.807) is 6.07 Å². The van der Waals surface area contributed by atoms with E-state index < -0.39 is 39.0 Å². The van der Waals surface area contributed by atoms with Gasteiger partial charge in [-0.05, 0) is 29.8 Å². The van der Waals surface area contributed by atoms with Gasteiger partial charge in [-0.3, -0.25) is 14.9 Å². The van der Waals surface area contributed by atoms with Gasteiger partial charge in [-0.15, -0.1) is 0 Å². The van der Waals surface area contributed by atoms with Crippen LogP contribution >= 0.6 is 0 Å². The highest BCUT2D eigenvalue weighted by Gasteiger charge is 2.21. The van der Waals surface area contributed by atoms with Crippen LogP contribution in [0.25, 0.3) is 0 Å². The van der Waals surface area contributed by atoms with Gasteiger partial charge in [0.05, 0.1) is 9.82 Å². The molecule has 144 valence electrons. The minimum Gasteiger partial charge on any atom is -0.460 e. The Balaban J connectivity index is 2.00. The number of esters is 1. The third-order valence-corrected chi connectivity index (χ3v) is 4.84. The van der Waals surface area contributed by atoms with Crippen molar-refractivity contribution in [2.75, 3.05) is 18.9 Å². The summed E-state index contributed by atoms with van der Waals surface area (Å²) in [6.07, 6.45) is 0. The number of nitro groups is 1. The number of carbonyl (C=O) groups is 1. The van der Waals surface area contributed by atoms with Gasteiger partial charge in [0.2, 0.25) is 10.0 Å². The van der Waals surface area contributed by atoms with Crippen molar-refractivity contribution in [2.24, 2.45) is 0 Å². The number of nitro benzene ring substituents is 1. The maximum atomic E-state index is 13.0. The Morgan fingerprint density at radius 2 is 2.00 bits per heavy atom. The number of ether oxygens (including phenoxy) is 1. The summed E-state index contributed by atoms with van der Waals surface area (Å²) in [6.45, 7) is -0.903. The number of hydrogen-bond acceptors (Lipinski definition) is 7. The van der Waals surface area contributed by atoms with Crippen molar-refractivity contribution >= 4 is 27.4 Å². The fraction of sp³-hybridized carbons (Fsp3) is 0.188. The number of sulfonamides is 1. The number of benzene rings is 2. The van der Waals surface area contributed by atoms with Crippen molar-refractivity contribution in [3.63, 3.8) is 0 Å². The predicted molar refractivity (Wildman–Crippen MR) is 94.0 cm³/mol. The first-order valence-electron chi connectivity index (χ1n) is 7.59. The van der Waals surface area contributed by atoms with Gasteiger partial charge in [0.15, 0.2) is 0 Å². The lowest BCUT2D eigenvalue weighted by Gasteiger charge is -2.09. The first kappa shape index (κ1) is 20.3. The average molecular weight is 397 g/mol. The zero-order valence-corrected chi connectivity index (χ0v) is 15.0. The second-order valence-corrected chi connectivity index (χ2v) is 7.07. The van der Waals surface area contributed by atoms with Crippen molar-refractivity contribution in [3.05, 3.63) is 64.0 Å². The lowest BCUT2D eigenvalue weighted by atomic mass is 10.2. The molecule has 0 unspecified atom stereocenters. The van der Waals surface area contributed by atoms with Crippen molar-refractivity contribution in [2.45, 2.75) is 11.5 Å². The average Bonchev–Trinajstić information content (AvgIpc) is 2.64. The zero-order valence-electron chi connectivity index (χ0n) is 14.1. The van der Waals surface area contributed by atoms with E-state index in [-0.39, 0.29) is 17.2 Å². The number of nitrogens with zero attached hydrogens (tertiary/aromatic N) is 1. The summed E-state index contributed by atoms with van der Waals surface area (Å²) in [5.41, 5.74) is 0.131. The quantitative estimate of drug-likeness (QED) is 0.395. The molecular weight excluding hydrogens is 381 g/mol. The van der Waals surface area contributed by atoms with E-state index >= 15 is 0 Å². The maximum absolute atomic E-state index is 13.0. The predicted octanol–water partition coefficient (Wildman–Crippen LogP) is 1.80. The summed E-state index contributed by atoms with van der Waals surface area (Å²) >= 11 is 0. The van der Waals surface area contributed by atoms with Crippen LogP contribution in [0.4, 0.5) is 15.8 Å². The van der Waals surface area contributed by atoms with Gasteiger partial charge < -0.3 is 10.1 Å². The third kappa shape index (κ3) is 5.46. The first-order valence-corrected chi connectivity index (χ1v) is 9.07. The lowest BCUT2D eigenvalue weighted by molar-refractivity contribution is -0.384. The minimum atomic E-state index is -4.17. The monoisotopic (exact) mass is 397 g/mol. The zero-order chi connectivity index (χ0) is 20.0. The Bertz CT molecular complexity index is 964. The third-order valence-electron chi connectivity index (χ3n) is 3.44. The van der Waals surface area contributed by atoms with Gasteiger partial charge in [-0.1, -0.05) is 12.1 Å². The smallest absolute Gasteiger partial charge is 0.321 e. The molecule has 11 heteroatoms. The summed E-state index contributed by atoms with van der Waals surface area (Å²) in [6, 6.07) is 8.70. The van der Waals surface area contributed by atoms with Crippen molar-refractivity contribution < 1.29 is 27.3 Å². The Morgan fingerprint density at radius 3 is 2.63 bits per heavy atom. The SMILES string of the molecule is CNc1ccc(S(=O)(=O)NCC(=O)OCc2cccc(F)c2)cc1[N+](=O)[O-]. The summed E-state index contributed by atoms with van der Waals surface area (Å²) in [4.78, 5) is 21.6. The molecule has 0 atom stereocenters. The van der Waals surface area contributed by atoms with Gasteiger partial charge >= 0.3 is 5.97 Å². The first-order chi connectivity index (χ1) is 12.7. The number of halogens is 1. The highest BCUT2D eigenvalue weighted by molar-refractivity contribution is 7.89. The largest absolute Gasteiger partial charge is 0.460 e. The summed E-state index contributed by atoms with van der Waals surface area (Å²) in [5.74, 6) is -1.37. The van der Waals surface area contributed by atoms with Crippen molar-refractivity contribution in [1.29, 1.82) is 0 Å². The van der Waals surface area contributed by atoms with Crippen LogP contribution in [-0.2, 0) is 26.2 Å². The van der Waals surface area contributed by atoms with E-state index in [9.17, 15) is 27.7 Å². The van der Waals surface area contributed by atoms with Crippen LogP contribution < -0.4 is 10.0 Å². The van der Waals surface area contributed by atoms with E-state index in [0.717, 1.165) is 6.07 Å². The van der Waals surface area contributed by atoms with E-state index in [4.69, 9.17) is 4.74 Å². The second kappa shape index (κ2) is 8.56. The molecule has 9 nitrogen and oxygen atoms in total. The van der Waals surface area contributed by atoms with Crippen LogP contribution in [0.15, 0.2) is 47.4 Å². The molecule has 0 fully saturated rings. The normalized spacial score (nSPS) is 11.0. The van der Waals surface area contributed by atoms with E-state index in [0.29, 0.717) is 5.56 Å². The van der Waals surface area contributed by atoms with Crippen molar-refractivity contribution in [3.8, 4) is 0 Å². The highest BCUT2D eigenvalue weighted by Crippen LogP contribution is 2.26. The number of rotatable bonds is 8. The minimum absolute atomic E-state index is 0.147. The number of anilines is 1. The van der Waals surface area contributed by atoms with E-state index in [1.165, 1.54) is 37.4 Å². The second-order valence-electron chi connectivity index (χ2n) is 5.30. The molecule has 0 saturated heterocycles. The molecule has 0 saturated carbocycles. The van der Waals surface area contributed by atoms with Crippen molar-refractivity contribution in [1.82, 2.24) is 4.72 Å². The molecule has 0 radical (unpaired) electrons. The Morgan fingerprint density at radius 1 is 1.26 bits per heavy atom. The standard InChI is InChI=1S/C16H16FN3O6S/c1-18-14-6-5-13(8-15(14)20(22)23)27(24,25)19-9-16(21)26-10-11-3-2-4-12(17)7-11/h2-8,18-19H,9-10H2,1H3. The number of carbonyl (C=O) groups excluding carboxylic acids is 1. The molecule has 0 aromatic heterocycles. The molecule has 2 aromatic rings. The van der Waals surface area contributed by atoms with Crippen LogP contribution in [0.5, 0.6) is 0 Å². The molecule has 2 rings (SSSR count). The highest BCUT2D eigenvalue weighted by atomic mass is 32.2. The molecule has 27 heavy (non-hydrogen) atoms. The van der Waals surface area contributed by atoms with Crippen LogP contribution in [0.3, 0.4) is 0 Å². The molecule has 0 aliphatic rings. The fourth-order valence-electron chi connectivity index (χ4n) is 2.12. The van der Waals surface area contributed by atoms with Gasteiger partial charge in [0, 0.05) is 13.1 Å². The molecule has 0 amide bonds. The van der Waals surface area contributed by atoms with E-state index in [2.05, 4.69) is 5.32 Å². The van der Waals surface area contributed by atoms with E-state index in [1.807, 2.05) is 4.72 Å². The molecular formula is C16H16FN3O6S. The molecule has 0 aliphatic heterocycles. The van der Waals surface area contributed by atoms with Gasteiger partial charge in [0.25, 0.3) is 5.69 Å². The summed E-state index contributed by atoms with van der Waals surface area (Å²) in [5, 5.41) is 13.6. The van der Waals surface area contributed by atoms with Gasteiger partial charge in [-0.2, -0.15) is 4.72 Å². The maximum Gasteiger partial charge on any atom is 0.321 e. The summed E-state index contributed by atoms with van der Waals surface area (Å²) in [7, 11) is -2.71. The van der Waals surface area contributed by atoms with Gasteiger partial charge in [0.1, 0.15) is 24.7 Å². The topological polar surface area (TPSA) is 128 Å². The van der Waals surface area contributed by atoms with Crippen LogP contribution in [-0.4, -0.2) is 32.9 Å². The molecule has 0 spiro atoms. The summed E-state index contributed by atoms with van der Waals surface area (Å²) < 4.78 is 44.3. The Labute approximate surface area is 154 Å². The van der Waals surface area contributed by atoms with Crippen LogP contribution in [0.2, 0.25) is 0 Å². The van der Waals surface area contributed by atoms with Crippen LogP contribution in [0, 0.1) is 15.9 Å². The van der Waals surface area contributed by atoms with Crippen LogP contribution in [0.1, 0.15) is 5.56 Å². The number of nitrogens with one attached hydrogen (secondary N) is 2. The fourth-order valence-corrected chi connectivity index (χ4v) is 3.11. The molecule has 0 aliphatic carbocycles. The molecule has 2 N–H and O–H groups in total. The molecule has 0 bridgehead atoms. The Hall–Kier alpha value is -3.05. The molecule has 2 aromatic carbocycles.